The Morgan fingerprint density at radius 1 is 1.41 bits per heavy atom. The van der Waals surface area contributed by atoms with Crippen LogP contribution in [0.15, 0.2) is 0 Å². The van der Waals surface area contributed by atoms with Crippen molar-refractivity contribution in [3.63, 3.8) is 0 Å². The third kappa shape index (κ3) is 4.66. The van der Waals surface area contributed by atoms with Crippen LogP contribution in [0.1, 0.15) is 58.8 Å². The summed E-state index contributed by atoms with van der Waals surface area (Å²) >= 11 is 0. The normalized spacial score (nSPS) is 25.8. The molecule has 0 aromatic heterocycles. The first-order valence-corrected chi connectivity index (χ1v) is 7.22. The molecule has 1 saturated carbocycles. The number of carbonyl (C=O) groups excluding carboxylic acids is 1. The molecule has 1 rings (SSSR count). The van der Waals surface area contributed by atoms with Crippen molar-refractivity contribution in [2.24, 2.45) is 17.6 Å². The number of carbonyl (C=O) groups is 1. The number of amides is 1. The second kappa shape index (κ2) is 7.70. The van der Waals surface area contributed by atoms with E-state index in [1.54, 1.807) is 0 Å². The summed E-state index contributed by atoms with van der Waals surface area (Å²) < 4.78 is 0. The van der Waals surface area contributed by atoms with E-state index in [0.717, 1.165) is 32.2 Å². The summed E-state index contributed by atoms with van der Waals surface area (Å²) in [5.74, 6) is 0.889. The van der Waals surface area contributed by atoms with Crippen molar-refractivity contribution < 1.29 is 4.79 Å². The second-order valence-corrected chi connectivity index (χ2v) is 5.36. The largest absolute Gasteiger partial charge is 0.356 e. The lowest BCUT2D eigenvalue weighted by molar-refractivity contribution is -0.125. The van der Waals surface area contributed by atoms with Gasteiger partial charge < -0.3 is 11.1 Å². The molecule has 0 saturated heterocycles. The molecule has 0 aromatic rings. The van der Waals surface area contributed by atoms with Crippen LogP contribution in [0.2, 0.25) is 0 Å². The van der Waals surface area contributed by atoms with E-state index >= 15 is 0 Å². The van der Waals surface area contributed by atoms with E-state index in [4.69, 9.17) is 5.73 Å². The maximum absolute atomic E-state index is 12.0. The van der Waals surface area contributed by atoms with Gasteiger partial charge in [0.15, 0.2) is 0 Å². The minimum atomic E-state index is 0.0682. The third-order valence-corrected chi connectivity index (χ3v) is 4.01. The maximum Gasteiger partial charge on any atom is 0.224 e. The van der Waals surface area contributed by atoms with Crippen molar-refractivity contribution in [3.8, 4) is 0 Å². The van der Waals surface area contributed by atoms with Crippen molar-refractivity contribution >= 4 is 5.91 Å². The number of unbranched alkanes of at least 4 members (excludes halogenated alkanes) is 1. The highest BCUT2D eigenvalue weighted by Gasteiger charge is 2.30. The average Bonchev–Trinajstić information content (AvgIpc) is 2.75. The lowest BCUT2D eigenvalue weighted by atomic mass is 9.98. The summed E-state index contributed by atoms with van der Waals surface area (Å²) in [4.78, 5) is 12.0. The molecule has 3 nitrogen and oxygen atoms in total. The predicted molar refractivity (Wildman–Crippen MR) is 71.6 cm³/mol. The van der Waals surface area contributed by atoms with Gasteiger partial charge >= 0.3 is 0 Å². The molecule has 3 atom stereocenters. The van der Waals surface area contributed by atoms with Crippen LogP contribution >= 0.6 is 0 Å². The van der Waals surface area contributed by atoms with E-state index in [-0.39, 0.29) is 17.9 Å². The van der Waals surface area contributed by atoms with Gasteiger partial charge in [-0.15, -0.1) is 0 Å². The molecule has 3 heteroatoms. The zero-order valence-electron chi connectivity index (χ0n) is 11.4. The van der Waals surface area contributed by atoms with Crippen molar-refractivity contribution in [2.75, 3.05) is 6.54 Å². The van der Waals surface area contributed by atoms with Gasteiger partial charge in [-0.25, -0.2) is 0 Å². The quantitative estimate of drug-likeness (QED) is 0.718. The molecule has 100 valence electrons. The Balaban J connectivity index is 2.25. The molecule has 1 aliphatic rings. The Hall–Kier alpha value is -0.570. The second-order valence-electron chi connectivity index (χ2n) is 5.36. The molecule has 0 aliphatic heterocycles. The first kappa shape index (κ1) is 14.5. The number of nitrogens with two attached hydrogens (primary N) is 1. The Morgan fingerprint density at radius 3 is 2.71 bits per heavy atom. The molecular formula is C14H28N2O. The molecule has 0 bridgehead atoms. The first-order valence-electron chi connectivity index (χ1n) is 7.22. The van der Waals surface area contributed by atoms with Gasteiger partial charge in [0.05, 0.1) is 5.92 Å². The monoisotopic (exact) mass is 240 g/mol. The van der Waals surface area contributed by atoms with Crippen molar-refractivity contribution in [1.82, 2.24) is 5.32 Å². The summed E-state index contributed by atoms with van der Waals surface area (Å²) in [7, 11) is 0. The van der Waals surface area contributed by atoms with E-state index < -0.39 is 0 Å². The van der Waals surface area contributed by atoms with E-state index in [1.807, 2.05) is 0 Å². The molecule has 0 radical (unpaired) electrons. The van der Waals surface area contributed by atoms with E-state index in [1.165, 1.54) is 19.3 Å². The van der Waals surface area contributed by atoms with Gasteiger partial charge in [-0.1, -0.05) is 39.5 Å². The molecule has 0 heterocycles. The SMILES string of the molecule is CCCCC(CC)CNC(=O)C1CCCC1N. The van der Waals surface area contributed by atoms with Gasteiger partial charge in [0, 0.05) is 12.6 Å². The smallest absolute Gasteiger partial charge is 0.224 e. The van der Waals surface area contributed by atoms with Crippen LogP contribution in [-0.2, 0) is 4.79 Å². The van der Waals surface area contributed by atoms with Crippen molar-refractivity contribution in [1.29, 1.82) is 0 Å². The Labute approximate surface area is 106 Å². The Bertz CT molecular complexity index is 230. The molecule has 1 fully saturated rings. The summed E-state index contributed by atoms with van der Waals surface area (Å²) in [5, 5.41) is 3.10. The van der Waals surface area contributed by atoms with Crippen LogP contribution < -0.4 is 11.1 Å². The van der Waals surface area contributed by atoms with E-state index in [2.05, 4.69) is 19.2 Å². The standard InChI is InChI=1S/C14H28N2O/c1-3-5-7-11(4-2)10-16-14(17)12-8-6-9-13(12)15/h11-13H,3-10,15H2,1-2H3,(H,16,17). The lowest BCUT2D eigenvalue weighted by Crippen LogP contribution is -2.40. The fourth-order valence-corrected chi connectivity index (χ4v) is 2.63. The molecule has 1 aliphatic carbocycles. The molecule has 0 spiro atoms. The lowest BCUT2D eigenvalue weighted by Gasteiger charge is -2.19. The zero-order valence-corrected chi connectivity index (χ0v) is 11.4. The van der Waals surface area contributed by atoms with E-state index in [0.29, 0.717) is 5.92 Å². The number of nitrogens with one attached hydrogen (secondary N) is 1. The fourth-order valence-electron chi connectivity index (χ4n) is 2.63. The summed E-state index contributed by atoms with van der Waals surface area (Å²) in [5.41, 5.74) is 5.94. The molecule has 3 unspecified atom stereocenters. The minimum Gasteiger partial charge on any atom is -0.356 e. The predicted octanol–water partition coefficient (Wildman–Crippen LogP) is 2.45. The molecule has 1 amide bonds. The number of hydrogen-bond acceptors (Lipinski definition) is 2. The fraction of sp³-hybridized carbons (Fsp3) is 0.929. The maximum atomic E-state index is 12.0. The van der Waals surface area contributed by atoms with Crippen LogP contribution in [0.4, 0.5) is 0 Å². The zero-order chi connectivity index (χ0) is 12.7. The first-order chi connectivity index (χ1) is 8.19. The van der Waals surface area contributed by atoms with Crippen LogP contribution in [-0.4, -0.2) is 18.5 Å². The molecular weight excluding hydrogens is 212 g/mol. The van der Waals surface area contributed by atoms with Gasteiger partial charge in [-0.05, 0) is 25.2 Å². The van der Waals surface area contributed by atoms with Crippen LogP contribution in [0.3, 0.4) is 0 Å². The molecule has 0 aromatic carbocycles. The highest BCUT2D eigenvalue weighted by atomic mass is 16.1. The molecule has 17 heavy (non-hydrogen) atoms. The van der Waals surface area contributed by atoms with Gasteiger partial charge in [-0.2, -0.15) is 0 Å². The van der Waals surface area contributed by atoms with Gasteiger partial charge in [-0.3, -0.25) is 4.79 Å². The summed E-state index contributed by atoms with van der Waals surface area (Å²) in [6, 6.07) is 0.0886. The van der Waals surface area contributed by atoms with Crippen LogP contribution in [0.25, 0.3) is 0 Å². The third-order valence-electron chi connectivity index (χ3n) is 4.01. The highest BCUT2D eigenvalue weighted by molar-refractivity contribution is 5.79. The number of hydrogen-bond donors (Lipinski definition) is 2. The average molecular weight is 240 g/mol. The highest BCUT2D eigenvalue weighted by Crippen LogP contribution is 2.24. The van der Waals surface area contributed by atoms with Gasteiger partial charge in [0.25, 0.3) is 0 Å². The summed E-state index contributed by atoms with van der Waals surface area (Å²) in [6.45, 7) is 5.25. The van der Waals surface area contributed by atoms with Crippen LogP contribution in [0, 0.1) is 11.8 Å². The van der Waals surface area contributed by atoms with Gasteiger partial charge in [0.2, 0.25) is 5.91 Å². The Morgan fingerprint density at radius 2 is 2.18 bits per heavy atom. The Kier molecular flexibility index (Phi) is 6.56. The summed E-state index contributed by atoms with van der Waals surface area (Å²) in [6.07, 6.45) is 7.95. The topological polar surface area (TPSA) is 55.1 Å². The van der Waals surface area contributed by atoms with Crippen LogP contribution in [0.5, 0.6) is 0 Å². The minimum absolute atomic E-state index is 0.0682. The van der Waals surface area contributed by atoms with Crippen molar-refractivity contribution in [3.05, 3.63) is 0 Å². The van der Waals surface area contributed by atoms with Gasteiger partial charge in [0.1, 0.15) is 0 Å². The van der Waals surface area contributed by atoms with E-state index in [9.17, 15) is 4.79 Å². The van der Waals surface area contributed by atoms with Crippen molar-refractivity contribution in [2.45, 2.75) is 64.8 Å². The number of rotatable bonds is 7. The molecule has 3 N–H and O–H groups in total.